The number of nitrogens with one attached hydrogen (secondary N) is 2. The first kappa shape index (κ1) is 18.5. The highest BCUT2D eigenvalue weighted by molar-refractivity contribution is 5.79. The molecule has 3 aliphatic rings. The van der Waals surface area contributed by atoms with Crippen LogP contribution in [0.2, 0.25) is 0 Å². The maximum Gasteiger partial charge on any atom is 0.254 e. The Hall–Kier alpha value is -2.54. The van der Waals surface area contributed by atoms with Crippen molar-refractivity contribution in [2.24, 2.45) is 5.92 Å². The van der Waals surface area contributed by atoms with E-state index >= 15 is 0 Å². The number of piperidine rings is 2. The molecule has 1 aliphatic carbocycles. The fourth-order valence-electron chi connectivity index (χ4n) is 5.26. The monoisotopic (exact) mass is 393 g/mol. The minimum Gasteiger partial charge on any atom is -0.342 e. The van der Waals surface area contributed by atoms with Crippen molar-refractivity contribution in [2.75, 3.05) is 26.2 Å². The highest BCUT2D eigenvalue weighted by Crippen LogP contribution is 2.44. The first-order chi connectivity index (χ1) is 14.2. The largest absolute Gasteiger partial charge is 0.342 e. The summed E-state index contributed by atoms with van der Waals surface area (Å²) in [5.41, 5.74) is 2.50. The summed E-state index contributed by atoms with van der Waals surface area (Å²) in [6.07, 6.45) is 8.82. The predicted molar refractivity (Wildman–Crippen MR) is 109 cm³/mol. The number of pyridine rings is 1. The molecule has 0 radical (unpaired) electrons. The zero-order chi connectivity index (χ0) is 19.8. The van der Waals surface area contributed by atoms with Gasteiger partial charge in [-0.2, -0.15) is 0 Å². The molecule has 0 atom stereocenters. The van der Waals surface area contributed by atoms with Crippen LogP contribution in [0, 0.1) is 5.92 Å². The van der Waals surface area contributed by atoms with Gasteiger partial charge >= 0.3 is 0 Å². The van der Waals surface area contributed by atoms with E-state index in [-0.39, 0.29) is 16.9 Å². The third kappa shape index (κ3) is 3.27. The van der Waals surface area contributed by atoms with Gasteiger partial charge in [0.15, 0.2) is 0 Å². The van der Waals surface area contributed by atoms with Gasteiger partial charge in [-0.25, -0.2) is 4.98 Å². The number of rotatable bonds is 2. The lowest BCUT2D eigenvalue weighted by Crippen LogP contribution is -2.48. The SMILES string of the molecule is O=C(C1CCNCC1)N1CCC2(CCc3c2nc(-c2cccnc2)[nH]c3=O)CC1. The summed E-state index contributed by atoms with van der Waals surface area (Å²) in [6, 6.07) is 3.77. The molecule has 2 aromatic heterocycles. The molecular weight excluding hydrogens is 366 g/mol. The molecule has 0 saturated carbocycles. The highest BCUT2D eigenvalue weighted by atomic mass is 16.2. The van der Waals surface area contributed by atoms with E-state index in [1.807, 2.05) is 12.1 Å². The summed E-state index contributed by atoms with van der Waals surface area (Å²) in [6.45, 7) is 3.40. The van der Waals surface area contributed by atoms with Crippen LogP contribution in [0.15, 0.2) is 29.3 Å². The van der Waals surface area contributed by atoms with Crippen LogP contribution in [0.1, 0.15) is 43.4 Å². The van der Waals surface area contributed by atoms with Gasteiger partial charge in [-0.3, -0.25) is 14.6 Å². The Kier molecular flexibility index (Phi) is 4.70. The van der Waals surface area contributed by atoms with Crippen LogP contribution in [0.3, 0.4) is 0 Å². The zero-order valence-corrected chi connectivity index (χ0v) is 16.6. The van der Waals surface area contributed by atoms with E-state index in [0.717, 1.165) is 81.5 Å². The molecule has 0 bridgehead atoms. The van der Waals surface area contributed by atoms with E-state index in [1.165, 1.54) is 0 Å². The number of likely N-dealkylation sites (tertiary alicyclic amines) is 1. The van der Waals surface area contributed by atoms with Crippen molar-refractivity contribution in [1.82, 2.24) is 25.2 Å². The normalized spacial score (nSPS) is 21.3. The van der Waals surface area contributed by atoms with Crippen molar-refractivity contribution in [3.05, 3.63) is 46.1 Å². The van der Waals surface area contributed by atoms with Gasteiger partial charge in [0.2, 0.25) is 5.91 Å². The smallest absolute Gasteiger partial charge is 0.254 e. The number of carbonyl (C=O) groups is 1. The lowest BCUT2D eigenvalue weighted by molar-refractivity contribution is -0.138. The second kappa shape index (κ2) is 7.37. The number of nitrogens with zero attached hydrogens (tertiary/aromatic N) is 3. The molecule has 7 heteroatoms. The van der Waals surface area contributed by atoms with E-state index in [9.17, 15) is 9.59 Å². The van der Waals surface area contributed by atoms with Gasteiger partial charge in [-0.05, 0) is 63.7 Å². The van der Waals surface area contributed by atoms with Gasteiger partial charge in [0.05, 0.1) is 5.69 Å². The topological polar surface area (TPSA) is 91.0 Å². The van der Waals surface area contributed by atoms with Crippen molar-refractivity contribution in [3.8, 4) is 11.4 Å². The lowest BCUT2D eigenvalue weighted by atomic mass is 9.76. The second-order valence-corrected chi connectivity index (χ2v) is 8.61. The zero-order valence-electron chi connectivity index (χ0n) is 16.6. The second-order valence-electron chi connectivity index (χ2n) is 8.61. The quantitative estimate of drug-likeness (QED) is 0.809. The lowest BCUT2D eigenvalue weighted by Gasteiger charge is -2.41. The van der Waals surface area contributed by atoms with Crippen molar-refractivity contribution >= 4 is 5.91 Å². The Balaban J connectivity index is 1.38. The number of fused-ring (bicyclic) bond motifs is 2. The van der Waals surface area contributed by atoms with Crippen LogP contribution in [0.25, 0.3) is 11.4 Å². The molecule has 1 spiro atoms. The summed E-state index contributed by atoms with van der Waals surface area (Å²) in [7, 11) is 0. The number of amides is 1. The molecule has 7 nitrogen and oxygen atoms in total. The average molecular weight is 393 g/mol. The first-order valence-electron chi connectivity index (χ1n) is 10.7. The highest BCUT2D eigenvalue weighted by Gasteiger charge is 2.45. The molecule has 2 N–H and O–H groups in total. The van der Waals surface area contributed by atoms with E-state index in [4.69, 9.17) is 4.98 Å². The standard InChI is InChI=1S/C22H27N5O2/c28-20-17-3-6-22(18(17)25-19(26-20)16-2-1-9-24-14-16)7-12-27(13-8-22)21(29)15-4-10-23-11-5-15/h1-2,9,14-15,23H,3-8,10-13H2,(H,25,26,28). The Morgan fingerprint density at radius 1 is 1.17 bits per heavy atom. The molecular formula is C22H27N5O2. The molecule has 29 heavy (non-hydrogen) atoms. The molecule has 2 aliphatic heterocycles. The first-order valence-corrected chi connectivity index (χ1v) is 10.7. The number of aromatic nitrogens is 3. The fourth-order valence-corrected chi connectivity index (χ4v) is 5.26. The molecule has 2 aromatic rings. The van der Waals surface area contributed by atoms with Crippen LogP contribution in [-0.4, -0.2) is 51.9 Å². The summed E-state index contributed by atoms with van der Waals surface area (Å²) >= 11 is 0. The van der Waals surface area contributed by atoms with Crippen LogP contribution < -0.4 is 10.9 Å². The number of hydrogen-bond acceptors (Lipinski definition) is 5. The maximum atomic E-state index is 12.9. The van der Waals surface area contributed by atoms with Gasteiger partial charge in [-0.15, -0.1) is 0 Å². The molecule has 152 valence electrons. The molecule has 0 aromatic carbocycles. The van der Waals surface area contributed by atoms with Gasteiger partial charge in [-0.1, -0.05) is 0 Å². The number of hydrogen-bond donors (Lipinski definition) is 2. The summed E-state index contributed by atoms with van der Waals surface area (Å²) < 4.78 is 0. The van der Waals surface area contributed by atoms with E-state index in [2.05, 4.69) is 20.2 Å². The third-order valence-electron chi connectivity index (χ3n) is 7.03. The van der Waals surface area contributed by atoms with Gasteiger partial charge in [0, 0.05) is 47.9 Å². The van der Waals surface area contributed by atoms with Gasteiger partial charge in [0.25, 0.3) is 5.56 Å². The van der Waals surface area contributed by atoms with Crippen molar-refractivity contribution < 1.29 is 4.79 Å². The van der Waals surface area contributed by atoms with Crippen molar-refractivity contribution in [1.29, 1.82) is 0 Å². The van der Waals surface area contributed by atoms with Crippen LogP contribution in [0.5, 0.6) is 0 Å². The number of carbonyl (C=O) groups excluding carboxylic acids is 1. The van der Waals surface area contributed by atoms with Crippen LogP contribution in [-0.2, 0) is 16.6 Å². The molecule has 2 fully saturated rings. The summed E-state index contributed by atoms with van der Waals surface area (Å²) in [5.74, 6) is 1.07. The maximum absolute atomic E-state index is 12.9. The van der Waals surface area contributed by atoms with Crippen molar-refractivity contribution in [2.45, 2.75) is 43.9 Å². The molecule has 1 amide bonds. The minimum atomic E-state index is -0.0779. The number of aromatic amines is 1. The molecule has 5 rings (SSSR count). The third-order valence-corrected chi connectivity index (χ3v) is 7.03. The molecule has 0 unspecified atom stereocenters. The molecule has 2 saturated heterocycles. The summed E-state index contributed by atoms with van der Waals surface area (Å²) in [5, 5.41) is 3.33. The van der Waals surface area contributed by atoms with Crippen LogP contribution >= 0.6 is 0 Å². The summed E-state index contributed by atoms with van der Waals surface area (Å²) in [4.78, 5) is 39.7. The van der Waals surface area contributed by atoms with E-state index in [0.29, 0.717) is 11.7 Å². The predicted octanol–water partition coefficient (Wildman–Crippen LogP) is 1.64. The minimum absolute atomic E-state index is 0.0288. The Morgan fingerprint density at radius 3 is 2.69 bits per heavy atom. The van der Waals surface area contributed by atoms with Crippen molar-refractivity contribution in [3.63, 3.8) is 0 Å². The van der Waals surface area contributed by atoms with E-state index < -0.39 is 0 Å². The number of H-pyrrole nitrogens is 1. The molecule has 4 heterocycles. The van der Waals surface area contributed by atoms with Gasteiger partial charge < -0.3 is 15.2 Å². The Labute approximate surface area is 170 Å². The fraction of sp³-hybridized carbons (Fsp3) is 0.545. The average Bonchev–Trinajstić information content (AvgIpc) is 3.13. The van der Waals surface area contributed by atoms with E-state index in [1.54, 1.807) is 12.4 Å². The Morgan fingerprint density at radius 2 is 1.97 bits per heavy atom. The van der Waals surface area contributed by atoms with Gasteiger partial charge in [0.1, 0.15) is 5.82 Å². The van der Waals surface area contributed by atoms with Crippen LogP contribution in [0.4, 0.5) is 0 Å². The Bertz CT molecular complexity index is 957.